The van der Waals surface area contributed by atoms with Crippen molar-refractivity contribution in [3.63, 3.8) is 0 Å². The summed E-state index contributed by atoms with van der Waals surface area (Å²) >= 11 is 0. The van der Waals surface area contributed by atoms with E-state index >= 15 is 0 Å². The lowest BCUT2D eigenvalue weighted by molar-refractivity contribution is -0.114. The largest absolute Gasteiger partial charge is 0.376 e. The van der Waals surface area contributed by atoms with E-state index in [4.69, 9.17) is 0 Å². The Hall–Kier alpha value is -2.38. The number of amides is 1. The average Bonchev–Trinajstić information content (AvgIpc) is 3.19. The van der Waals surface area contributed by atoms with Crippen molar-refractivity contribution >= 4 is 27.3 Å². The number of hydrogen-bond acceptors (Lipinski definition) is 4. The summed E-state index contributed by atoms with van der Waals surface area (Å²) in [5, 5.41) is 5.87. The third-order valence-electron chi connectivity index (χ3n) is 4.80. The maximum Gasteiger partial charge on any atom is 0.243 e. The van der Waals surface area contributed by atoms with Gasteiger partial charge >= 0.3 is 0 Å². The molecule has 1 heterocycles. The molecular weight excluding hydrogens is 362 g/mol. The number of sulfonamides is 1. The minimum absolute atomic E-state index is 0.102. The molecule has 6 nitrogen and oxygen atoms in total. The molecule has 1 saturated heterocycles. The predicted octanol–water partition coefficient (Wildman–Crippen LogP) is 3.14. The number of carbonyl (C=O) groups excluding carboxylic acids is 1. The summed E-state index contributed by atoms with van der Waals surface area (Å²) in [6, 6.07) is 12.3. The first-order valence-electron chi connectivity index (χ1n) is 9.07. The quantitative estimate of drug-likeness (QED) is 0.798. The van der Waals surface area contributed by atoms with Crippen molar-refractivity contribution in [2.24, 2.45) is 0 Å². The third kappa shape index (κ3) is 4.67. The molecule has 0 atom stereocenters. The van der Waals surface area contributed by atoms with Crippen molar-refractivity contribution in [2.45, 2.75) is 31.6 Å². The summed E-state index contributed by atoms with van der Waals surface area (Å²) in [5.41, 5.74) is 3.76. The number of nitrogens with one attached hydrogen (secondary N) is 2. The van der Waals surface area contributed by atoms with Gasteiger partial charge in [0.15, 0.2) is 0 Å². The number of aryl methyl sites for hydroxylation is 2. The first-order chi connectivity index (χ1) is 12.9. The standard InChI is InChI=1S/C20H25N3O3S/c1-15-5-6-18(13-16(15)2)22-20(24)14-21-17-7-9-19(10-8-17)27(25,26)23-11-3-4-12-23/h5-10,13,21H,3-4,11-12,14H2,1-2H3,(H,22,24). The maximum atomic E-state index is 12.5. The highest BCUT2D eigenvalue weighted by atomic mass is 32.2. The van der Waals surface area contributed by atoms with Gasteiger partial charge in [0.2, 0.25) is 15.9 Å². The molecule has 1 aliphatic heterocycles. The van der Waals surface area contributed by atoms with Gasteiger partial charge in [-0.1, -0.05) is 6.07 Å². The third-order valence-corrected chi connectivity index (χ3v) is 6.71. The molecule has 1 fully saturated rings. The Morgan fingerprint density at radius 1 is 0.963 bits per heavy atom. The molecule has 144 valence electrons. The van der Waals surface area contributed by atoms with Gasteiger partial charge in [-0.3, -0.25) is 4.79 Å². The molecule has 0 aliphatic carbocycles. The van der Waals surface area contributed by atoms with Crippen molar-refractivity contribution < 1.29 is 13.2 Å². The van der Waals surface area contributed by atoms with Crippen LogP contribution in [0, 0.1) is 13.8 Å². The lowest BCUT2D eigenvalue weighted by atomic mass is 10.1. The van der Waals surface area contributed by atoms with Crippen LogP contribution >= 0.6 is 0 Å². The van der Waals surface area contributed by atoms with Crippen LogP contribution < -0.4 is 10.6 Å². The molecule has 2 aromatic rings. The molecule has 7 heteroatoms. The molecule has 0 unspecified atom stereocenters. The van der Waals surface area contributed by atoms with Crippen molar-refractivity contribution in [3.8, 4) is 0 Å². The van der Waals surface area contributed by atoms with Gasteiger partial charge in [-0.15, -0.1) is 0 Å². The number of anilines is 2. The van der Waals surface area contributed by atoms with Crippen molar-refractivity contribution in [1.29, 1.82) is 0 Å². The molecule has 0 saturated carbocycles. The Kier molecular flexibility index (Phi) is 5.82. The van der Waals surface area contributed by atoms with E-state index in [0.29, 0.717) is 18.8 Å². The first kappa shape index (κ1) is 19.4. The number of benzene rings is 2. The Morgan fingerprint density at radius 2 is 1.59 bits per heavy atom. The second-order valence-electron chi connectivity index (χ2n) is 6.84. The zero-order valence-corrected chi connectivity index (χ0v) is 16.5. The summed E-state index contributed by atoms with van der Waals surface area (Å²) in [7, 11) is -3.41. The highest BCUT2D eigenvalue weighted by Crippen LogP contribution is 2.22. The van der Waals surface area contributed by atoms with Crippen molar-refractivity contribution in [1.82, 2.24) is 4.31 Å². The van der Waals surface area contributed by atoms with Gasteiger partial charge in [-0.2, -0.15) is 4.31 Å². The van der Waals surface area contributed by atoms with Gasteiger partial charge in [0, 0.05) is 24.5 Å². The van der Waals surface area contributed by atoms with E-state index in [1.807, 2.05) is 32.0 Å². The van der Waals surface area contributed by atoms with Gasteiger partial charge in [-0.05, 0) is 74.2 Å². The molecule has 1 aliphatic rings. The van der Waals surface area contributed by atoms with E-state index in [1.54, 1.807) is 24.3 Å². The Labute approximate surface area is 160 Å². The monoisotopic (exact) mass is 387 g/mol. The summed E-state index contributed by atoms with van der Waals surface area (Å²) in [4.78, 5) is 12.4. The molecule has 2 aromatic carbocycles. The zero-order valence-electron chi connectivity index (χ0n) is 15.7. The number of rotatable bonds is 6. The molecular formula is C20H25N3O3S. The van der Waals surface area contributed by atoms with E-state index in [-0.39, 0.29) is 17.3 Å². The van der Waals surface area contributed by atoms with Crippen LogP contribution in [-0.2, 0) is 14.8 Å². The SMILES string of the molecule is Cc1ccc(NC(=O)CNc2ccc(S(=O)(=O)N3CCCC3)cc2)cc1C. The molecule has 0 aromatic heterocycles. The van der Waals surface area contributed by atoms with E-state index in [2.05, 4.69) is 10.6 Å². The average molecular weight is 388 g/mol. The van der Waals surface area contributed by atoms with E-state index in [0.717, 1.165) is 24.1 Å². The molecule has 27 heavy (non-hydrogen) atoms. The molecule has 2 N–H and O–H groups in total. The fraction of sp³-hybridized carbons (Fsp3) is 0.350. The topological polar surface area (TPSA) is 78.5 Å². The van der Waals surface area contributed by atoms with E-state index in [9.17, 15) is 13.2 Å². The highest BCUT2D eigenvalue weighted by molar-refractivity contribution is 7.89. The van der Waals surface area contributed by atoms with Gasteiger partial charge in [0.05, 0.1) is 11.4 Å². The van der Waals surface area contributed by atoms with E-state index in [1.165, 1.54) is 9.87 Å². The lowest BCUT2D eigenvalue weighted by Gasteiger charge is -2.15. The summed E-state index contributed by atoms with van der Waals surface area (Å²) in [5.74, 6) is -0.160. The van der Waals surface area contributed by atoms with Gasteiger partial charge in [0.1, 0.15) is 0 Å². The van der Waals surface area contributed by atoms with Crippen LogP contribution in [0.5, 0.6) is 0 Å². The second kappa shape index (κ2) is 8.10. The minimum Gasteiger partial charge on any atom is -0.376 e. The van der Waals surface area contributed by atoms with Crippen LogP contribution in [-0.4, -0.2) is 38.3 Å². The van der Waals surface area contributed by atoms with Crippen LogP contribution in [0.25, 0.3) is 0 Å². The Bertz CT molecular complexity index is 918. The number of nitrogens with zero attached hydrogens (tertiary/aromatic N) is 1. The van der Waals surface area contributed by atoms with Crippen LogP contribution in [0.15, 0.2) is 47.4 Å². The molecule has 0 bridgehead atoms. The Balaban J connectivity index is 1.56. The second-order valence-corrected chi connectivity index (χ2v) is 8.77. The normalized spacial score (nSPS) is 14.9. The minimum atomic E-state index is -3.41. The predicted molar refractivity (Wildman–Crippen MR) is 107 cm³/mol. The number of carbonyl (C=O) groups is 1. The van der Waals surface area contributed by atoms with Gasteiger partial charge in [-0.25, -0.2) is 8.42 Å². The van der Waals surface area contributed by atoms with Crippen LogP contribution in [0.1, 0.15) is 24.0 Å². The number of hydrogen-bond donors (Lipinski definition) is 2. The summed E-state index contributed by atoms with van der Waals surface area (Å²) < 4.78 is 26.5. The molecule has 0 radical (unpaired) electrons. The van der Waals surface area contributed by atoms with E-state index < -0.39 is 10.0 Å². The molecule has 3 rings (SSSR count). The summed E-state index contributed by atoms with van der Waals surface area (Å²) in [6.07, 6.45) is 1.82. The molecule has 0 spiro atoms. The lowest BCUT2D eigenvalue weighted by Crippen LogP contribution is -2.27. The van der Waals surface area contributed by atoms with Crippen molar-refractivity contribution in [3.05, 3.63) is 53.6 Å². The van der Waals surface area contributed by atoms with Crippen LogP contribution in [0.3, 0.4) is 0 Å². The van der Waals surface area contributed by atoms with Crippen LogP contribution in [0.2, 0.25) is 0 Å². The maximum absolute atomic E-state index is 12.5. The van der Waals surface area contributed by atoms with Crippen molar-refractivity contribution in [2.75, 3.05) is 30.3 Å². The fourth-order valence-electron chi connectivity index (χ4n) is 3.03. The van der Waals surface area contributed by atoms with Crippen LogP contribution in [0.4, 0.5) is 11.4 Å². The molecule has 1 amide bonds. The summed E-state index contributed by atoms with van der Waals surface area (Å²) in [6.45, 7) is 5.30. The van der Waals surface area contributed by atoms with Gasteiger partial charge in [0.25, 0.3) is 0 Å². The van der Waals surface area contributed by atoms with Gasteiger partial charge < -0.3 is 10.6 Å². The first-order valence-corrected chi connectivity index (χ1v) is 10.5. The smallest absolute Gasteiger partial charge is 0.243 e. The fourth-order valence-corrected chi connectivity index (χ4v) is 4.55. The zero-order chi connectivity index (χ0) is 19.4. The Morgan fingerprint density at radius 3 is 2.22 bits per heavy atom. The highest BCUT2D eigenvalue weighted by Gasteiger charge is 2.26.